The zero-order valence-corrected chi connectivity index (χ0v) is 31.4. The van der Waals surface area contributed by atoms with Gasteiger partial charge in [0.15, 0.2) is 0 Å². The molecule has 0 radical (unpaired) electrons. The topological polar surface area (TPSA) is 125 Å². The maximum atomic E-state index is 13.1. The Morgan fingerprint density at radius 2 is 1.56 bits per heavy atom. The van der Waals surface area contributed by atoms with E-state index in [1.165, 1.54) is 11.1 Å². The first kappa shape index (κ1) is 42.9. The van der Waals surface area contributed by atoms with E-state index in [0.717, 1.165) is 77.0 Å². The Hall–Kier alpha value is -1.87. The predicted octanol–water partition coefficient (Wildman–Crippen LogP) is 7.44. The quantitative estimate of drug-likeness (QED) is 0.0804. The fourth-order valence-electron chi connectivity index (χ4n) is 9.32. The molecule has 0 saturated heterocycles. The Bertz CT molecular complexity index is 1320. The lowest BCUT2D eigenvalue weighted by atomic mass is 9.52. The fraction of sp³-hybridized carbons (Fsp3) is 0.816. The normalized spacial score (nSPS) is 26.7. The van der Waals surface area contributed by atoms with Crippen molar-refractivity contribution in [2.75, 3.05) is 38.4 Å². The number of nitrogens with one attached hydrogen (secondary N) is 1. The van der Waals surface area contributed by atoms with E-state index in [0.29, 0.717) is 41.6 Å². The summed E-state index contributed by atoms with van der Waals surface area (Å²) in [6, 6.07) is 5.81. The van der Waals surface area contributed by atoms with Gasteiger partial charge in [-0.15, -0.1) is 0 Å². The van der Waals surface area contributed by atoms with Crippen LogP contribution in [0.4, 0.5) is 26.7 Å². The van der Waals surface area contributed by atoms with Crippen LogP contribution in [-0.2, 0) is 22.0 Å². The predicted molar refractivity (Wildman–Crippen MR) is 189 cm³/mol. The van der Waals surface area contributed by atoms with E-state index in [4.69, 9.17) is 9.47 Å². The first-order chi connectivity index (χ1) is 24.6. The number of benzene rings is 1. The van der Waals surface area contributed by atoms with Crippen LogP contribution in [0.2, 0.25) is 0 Å². The van der Waals surface area contributed by atoms with Gasteiger partial charge in [0.25, 0.3) is 0 Å². The van der Waals surface area contributed by atoms with E-state index >= 15 is 0 Å². The van der Waals surface area contributed by atoms with Gasteiger partial charge in [-0.2, -0.15) is 22.0 Å². The van der Waals surface area contributed by atoms with Crippen LogP contribution in [0.3, 0.4) is 0 Å². The Labute approximate surface area is 307 Å². The zero-order chi connectivity index (χ0) is 38.2. The molecule has 1 aromatic carbocycles. The third kappa shape index (κ3) is 10.2. The SMILES string of the molecule is COC1CCC2C3C(CCCCCCCCCS(=O)CCCC(F)(F)C(F)(F)F)Cc4cc(OC(=O)NC(CO)(CO)CO)ccc4C3CCC12C. The van der Waals surface area contributed by atoms with Gasteiger partial charge in [-0.25, -0.2) is 4.79 Å². The van der Waals surface area contributed by atoms with E-state index in [1.54, 1.807) is 6.07 Å². The van der Waals surface area contributed by atoms with Crippen LogP contribution in [0, 0.1) is 23.2 Å². The largest absolute Gasteiger partial charge is 0.453 e. The number of ether oxygens (including phenoxy) is 2. The Kier molecular flexibility index (Phi) is 15.4. The van der Waals surface area contributed by atoms with Gasteiger partial charge >= 0.3 is 18.2 Å². The number of methoxy groups -OCH3 is 1. The molecule has 4 rings (SSSR count). The third-order valence-electron chi connectivity index (χ3n) is 12.3. The van der Waals surface area contributed by atoms with Gasteiger partial charge in [-0.05, 0) is 104 Å². The summed E-state index contributed by atoms with van der Waals surface area (Å²) >= 11 is 0. The summed E-state index contributed by atoms with van der Waals surface area (Å²) in [5, 5.41) is 31.1. The summed E-state index contributed by atoms with van der Waals surface area (Å²) in [6.07, 6.45) is 5.10. The summed E-state index contributed by atoms with van der Waals surface area (Å²) in [7, 11) is 0.431. The molecule has 0 aliphatic heterocycles. The van der Waals surface area contributed by atoms with Crippen LogP contribution < -0.4 is 10.1 Å². The number of unbranched alkanes of at least 4 members (excludes halogenated alkanes) is 6. The third-order valence-corrected chi connectivity index (χ3v) is 13.8. The molecular weight excluding hydrogens is 709 g/mol. The first-order valence-corrected chi connectivity index (χ1v) is 20.4. The minimum atomic E-state index is -5.57. The summed E-state index contributed by atoms with van der Waals surface area (Å²) in [4.78, 5) is 12.6. The number of alkyl halides is 5. The number of amides is 1. The molecule has 0 heterocycles. The maximum Gasteiger partial charge on any atom is 0.453 e. The van der Waals surface area contributed by atoms with Gasteiger partial charge in [-0.1, -0.05) is 51.5 Å². The molecule has 1 aromatic rings. The van der Waals surface area contributed by atoms with Crippen molar-refractivity contribution in [3.8, 4) is 5.75 Å². The van der Waals surface area contributed by atoms with Crippen LogP contribution >= 0.6 is 0 Å². The number of hydrogen-bond acceptors (Lipinski definition) is 7. The Morgan fingerprint density at radius 1 is 0.923 bits per heavy atom. The minimum absolute atomic E-state index is 0.142. The van der Waals surface area contributed by atoms with Gasteiger partial charge in [0.2, 0.25) is 0 Å². The van der Waals surface area contributed by atoms with E-state index in [2.05, 4.69) is 18.3 Å². The molecule has 14 heteroatoms. The van der Waals surface area contributed by atoms with Crippen molar-refractivity contribution >= 4 is 16.9 Å². The number of halogens is 5. The van der Waals surface area contributed by atoms with Crippen molar-refractivity contribution in [2.45, 2.75) is 133 Å². The summed E-state index contributed by atoms with van der Waals surface area (Å²) in [5.74, 6) is -2.24. The lowest BCUT2D eigenvalue weighted by Gasteiger charge is -2.53. The van der Waals surface area contributed by atoms with Crippen molar-refractivity contribution in [3.05, 3.63) is 29.3 Å². The Balaban J connectivity index is 1.28. The van der Waals surface area contributed by atoms with Crippen LogP contribution in [0.1, 0.15) is 114 Å². The lowest BCUT2D eigenvalue weighted by molar-refractivity contribution is -0.284. The molecule has 2 saturated carbocycles. The molecule has 0 bridgehead atoms. The van der Waals surface area contributed by atoms with Gasteiger partial charge in [-0.3, -0.25) is 4.21 Å². The summed E-state index contributed by atoms with van der Waals surface area (Å²) in [5.41, 5.74) is 1.04. The van der Waals surface area contributed by atoms with Crippen molar-refractivity contribution in [2.24, 2.45) is 23.2 Å². The van der Waals surface area contributed by atoms with Gasteiger partial charge in [0.05, 0.1) is 25.9 Å². The highest BCUT2D eigenvalue weighted by molar-refractivity contribution is 7.84. The van der Waals surface area contributed by atoms with Crippen LogP contribution in [0.5, 0.6) is 5.75 Å². The monoisotopic (exact) mass is 767 g/mol. The van der Waals surface area contributed by atoms with Gasteiger partial charge < -0.3 is 30.1 Å². The number of aliphatic hydroxyl groups is 3. The van der Waals surface area contributed by atoms with Crippen molar-refractivity contribution in [3.63, 3.8) is 0 Å². The molecule has 3 aliphatic rings. The molecule has 8 nitrogen and oxygen atoms in total. The molecule has 7 atom stereocenters. The first-order valence-electron chi connectivity index (χ1n) is 18.9. The van der Waals surface area contributed by atoms with Crippen LogP contribution in [0.25, 0.3) is 0 Å². The fourth-order valence-corrected chi connectivity index (χ4v) is 10.5. The number of rotatable bonds is 20. The number of fused-ring (bicyclic) bond motifs is 5. The highest BCUT2D eigenvalue weighted by atomic mass is 32.2. The second-order valence-corrected chi connectivity index (χ2v) is 17.3. The summed E-state index contributed by atoms with van der Waals surface area (Å²) in [6.45, 7) is 0.458. The van der Waals surface area contributed by atoms with Gasteiger partial charge in [0, 0.05) is 35.8 Å². The molecule has 52 heavy (non-hydrogen) atoms. The van der Waals surface area contributed by atoms with E-state index in [1.807, 2.05) is 13.2 Å². The number of carbonyl (C=O) groups is 1. The van der Waals surface area contributed by atoms with Crippen LogP contribution in [0.15, 0.2) is 18.2 Å². The van der Waals surface area contributed by atoms with E-state index < -0.39 is 67.2 Å². The molecule has 4 N–H and O–H groups in total. The smallest absolute Gasteiger partial charge is 0.410 e. The van der Waals surface area contributed by atoms with Gasteiger partial charge in [0.1, 0.15) is 11.3 Å². The summed E-state index contributed by atoms with van der Waals surface area (Å²) < 4.78 is 86.7. The highest BCUT2D eigenvalue weighted by Crippen LogP contribution is 2.63. The molecule has 0 spiro atoms. The molecule has 2 fully saturated rings. The maximum absolute atomic E-state index is 13.1. The Morgan fingerprint density at radius 3 is 2.19 bits per heavy atom. The lowest BCUT2D eigenvalue weighted by Crippen LogP contribution is -2.57. The van der Waals surface area contributed by atoms with E-state index in [9.17, 15) is 46.3 Å². The molecule has 298 valence electrons. The molecule has 7 unspecified atom stereocenters. The molecule has 3 aliphatic carbocycles. The average molecular weight is 768 g/mol. The zero-order valence-electron chi connectivity index (χ0n) is 30.5. The second kappa shape index (κ2) is 18.6. The molecular formula is C38H58F5NO7S. The highest BCUT2D eigenvalue weighted by Gasteiger charge is 2.58. The number of carbonyl (C=O) groups excluding carboxylic acids is 1. The molecule has 1 amide bonds. The second-order valence-electron chi connectivity index (χ2n) is 15.6. The van der Waals surface area contributed by atoms with E-state index in [-0.39, 0.29) is 17.3 Å². The van der Waals surface area contributed by atoms with Crippen molar-refractivity contribution in [1.82, 2.24) is 5.32 Å². The standard InChI is InChI=1S/C38H58F5NO7S/c1-35-18-16-30-29-13-12-28(51-34(48)44-36(23-45,24-46)25-47)22-27(29)21-26(33(30)31(35)14-15-32(35)50-2)11-8-6-4-3-5-7-9-19-52(49)20-10-17-37(39,40)38(41,42)43/h12-13,22,26,30-33,45-47H,3-11,14-21,23-25H2,1-2H3,(H,44,48). The number of aliphatic hydroxyl groups excluding tert-OH is 3. The van der Waals surface area contributed by atoms with Crippen molar-refractivity contribution in [1.29, 1.82) is 0 Å². The van der Waals surface area contributed by atoms with Crippen molar-refractivity contribution < 1.29 is 55.7 Å². The minimum Gasteiger partial charge on any atom is -0.410 e. The van der Waals surface area contributed by atoms with Crippen LogP contribution in [-0.4, -0.2) is 87.8 Å². The molecule has 0 aromatic heterocycles. The average Bonchev–Trinajstić information content (AvgIpc) is 3.45. The number of hydrogen-bond donors (Lipinski definition) is 4.